The van der Waals surface area contributed by atoms with Crippen molar-refractivity contribution in [1.29, 1.82) is 0 Å². The van der Waals surface area contributed by atoms with Gasteiger partial charge in [0.25, 0.3) is 0 Å². The molecule has 1 N–H and O–H groups in total. The molecule has 1 aliphatic heterocycles. The first-order chi connectivity index (χ1) is 12.7. The van der Waals surface area contributed by atoms with E-state index in [-0.39, 0.29) is 12.6 Å². The van der Waals surface area contributed by atoms with E-state index in [1.165, 1.54) is 12.1 Å². The van der Waals surface area contributed by atoms with E-state index in [0.717, 1.165) is 17.0 Å². The van der Waals surface area contributed by atoms with Crippen LogP contribution in [0.3, 0.4) is 0 Å². The molecule has 0 bridgehead atoms. The third kappa shape index (κ3) is 3.66. The summed E-state index contributed by atoms with van der Waals surface area (Å²) in [4.78, 5) is 8.62. The molecule has 6 nitrogen and oxygen atoms in total. The first kappa shape index (κ1) is 16.1. The van der Waals surface area contributed by atoms with Gasteiger partial charge in [-0.05, 0) is 42.8 Å². The van der Waals surface area contributed by atoms with Gasteiger partial charge in [-0.2, -0.15) is 4.98 Å². The molecular formula is C19H16FN3O3. The van der Waals surface area contributed by atoms with Crippen molar-refractivity contribution in [3.8, 4) is 17.4 Å². The van der Waals surface area contributed by atoms with Crippen molar-refractivity contribution >= 4 is 11.6 Å². The third-order valence-corrected chi connectivity index (χ3v) is 3.74. The van der Waals surface area contributed by atoms with E-state index >= 15 is 0 Å². The van der Waals surface area contributed by atoms with Crippen molar-refractivity contribution in [1.82, 2.24) is 9.97 Å². The lowest BCUT2D eigenvalue weighted by Crippen LogP contribution is -2.03. The van der Waals surface area contributed by atoms with Gasteiger partial charge in [0.1, 0.15) is 12.4 Å². The van der Waals surface area contributed by atoms with E-state index in [1.807, 2.05) is 25.1 Å². The molecule has 7 heteroatoms. The summed E-state index contributed by atoms with van der Waals surface area (Å²) in [7, 11) is 0. The monoisotopic (exact) mass is 353 g/mol. The lowest BCUT2D eigenvalue weighted by molar-refractivity contribution is 0.174. The molecule has 2 heterocycles. The molecule has 0 radical (unpaired) electrons. The predicted molar refractivity (Wildman–Crippen MR) is 93.3 cm³/mol. The smallest absolute Gasteiger partial charge is 0.231 e. The first-order valence-corrected chi connectivity index (χ1v) is 8.05. The third-order valence-electron chi connectivity index (χ3n) is 3.74. The Labute approximate surface area is 149 Å². The van der Waals surface area contributed by atoms with Gasteiger partial charge >= 0.3 is 0 Å². The molecule has 0 spiro atoms. The maximum atomic E-state index is 13.3. The predicted octanol–water partition coefficient (Wildman–Crippen LogP) is 3.98. The van der Waals surface area contributed by atoms with E-state index in [4.69, 9.17) is 14.2 Å². The highest BCUT2D eigenvalue weighted by Gasteiger charge is 2.13. The minimum Gasteiger partial charge on any atom is -0.473 e. The van der Waals surface area contributed by atoms with Crippen LogP contribution < -0.4 is 19.5 Å². The quantitative estimate of drug-likeness (QED) is 0.749. The average molecular weight is 353 g/mol. The Morgan fingerprint density at radius 2 is 1.96 bits per heavy atom. The van der Waals surface area contributed by atoms with Gasteiger partial charge in [-0.3, -0.25) is 0 Å². The summed E-state index contributed by atoms with van der Waals surface area (Å²) in [6, 6.07) is 13.5. The van der Waals surface area contributed by atoms with Crippen LogP contribution in [0.1, 0.15) is 11.3 Å². The number of benzene rings is 2. The summed E-state index contributed by atoms with van der Waals surface area (Å²) in [5.41, 5.74) is 2.24. The van der Waals surface area contributed by atoms with Crippen LogP contribution in [0.25, 0.3) is 0 Å². The number of fused-ring (bicyclic) bond motifs is 1. The molecule has 4 rings (SSSR count). The van der Waals surface area contributed by atoms with E-state index in [0.29, 0.717) is 29.9 Å². The number of hydrogen-bond donors (Lipinski definition) is 1. The van der Waals surface area contributed by atoms with Crippen molar-refractivity contribution in [3.63, 3.8) is 0 Å². The molecule has 0 atom stereocenters. The lowest BCUT2D eigenvalue weighted by atomic mass is 10.2. The molecule has 0 saturated heterocycles. The standard InChI is InChI=1S/C19H16FN3O3/c1-12-7-18(23-19(21-12)22-15-4-2-3-14(20)9-15)24-10-13-5-6-16-17(8-13)26-11-25-16/h2-9H,10-11H2,1H3,(H,21,22,23). The normalized spacial score (nSPS) is 12.1. The Morgan fingerprint density at radius 3 is 2.85 bits per heavy atom. The highest BCUT2D eigenvalue weighted by atomic mass is 19.1. The van der Waals surface area contributed by atoms with Gasteiger partial charge in [-0.25, -0.2) is 9.37 Å². The van der Waals surface area contributed by atoms with Gasteiger partial charge in [-0.15, -0.1) is 0 Å². The molecule has 2 aromatic carbocycles. The second kappa shape index (κ2) is 6.87. The van der Waals surface area contributed by atoms with Crippen LogP contribution >= 0.6 is 0 Å². The fourth-order valence-corrected chi connectivity index (χ4v) is 2.55. The number of rotatable bonds is 5. The highest BCUT2D eigenvalue weighted by molar-refractivity contribution is 5.53. The van der Waals surface area contributed by atoms with Crippen molar-refractivity contribution < 1.29 is 18.6 Å². The molecule has 3 aromatic rings. The molecular weight excluding hydrogens is 337 g/mol. The first-order valence-electron chi connectivity index (χ1n) is 8.05. The minimum atomic E-state index is -0.332. The molecule has 132 valence electrons. The topological polar surface area (TPSA) is 65.5 Å². The Bertz CT molecular complexity index is 949. The van der Waals surface area contributed by atoms with Crippen LogP contribution in [-0.4, -0.2) is 16.8 Å². The van der Waals surface area contributed by atoms with Crippen LogP contribution in [0, 0.1) is 12.7 Å². The number of anilines is 2. The fraction of sp³-hybridized carbons (Fsp3) is 0.158. The Hall–Kier alpha value is -3.35. The van der Waals surface area contributed by atoms with Crippen molar-refractivity contribution in [2.45, 2.75) is 13.5 Å². The van der Waals surface area contributed by atoms with Crippen LogP contribution in [0.5, 0.6) is 17.4 Å². The number of halogens is 1. The Morgan fingerprint density at radius 1 is 1.08 bits per heavy atom. The zero-order valence-electron chi connectivity index (χ0n) is 14.0. The molecule has 0 saturated carbocycles. The Balaban J connectivity index is 1.47. The summed E-state index contributed by atoms with van der Waals surface area (Å²) in [5.74, 6) is 1.87. The SMILES string of the molecule is Cc1cc(OCc2ccc3c(c2)OCO3)nc(Nc2cccc(F)c2)n1. The van der Waals surface area contributed by atoms with E-state index in [2.05, 4.69) is 15.3 Å². The number of ether oxygens (including phenoxy) is 3. The van der Waals surface area contributed by atoms with Crippen molar-refractivity contribution in [3.05, 3.63) is 65.6 Å². The largest absolute Gasteiger partial charge is 0.473 e. The van der Waals surface area contributed by atoms with E-state index in [9.17, 15) is 4.39 Å². The maximum absolute atomic E-state index is 13.3. The average Bonchev–Trinajstić information content (AvgIpc) is 3.07. The Kier molecular flexibility index (Phi) is 4.27. The number of nitrogens with one attached hydrogen (secondary N) is 1. The van der Waals surface area contributed by atoms with Crippen molar-refractivity contribution in [2.24, 2.45) is 0 Å². The van der Waals surface area contributed by atoms with Gasteiger partial charge < -0.3 is 19.5 Å². The maximum Gasteiger partial charge on any atom is 0.231 e. The summed E-state index contributed by atoms with van der Waals surface area (Å²) < 4.78 is 29.7. The van der Waals surface area contributed by atoms with Crippen LogP contribution in [0.15, 0.2) is 48.5 Å². The van der Waals surface area contributed by atoms with E-state index < -0.39 is 0 Å². The summed E-state index contributed by atoms with van der Waals surface area (Å²) in [6.45, 7) is 2.40. The summed E-state index contributed by atoms with van der Waals surface area (Å²) in [6.07, 6.45) is 0. The van der Waals surface area contributed by atoms with Gasteiger partial charge in [0.05, 0.1) is 0 Å². The molecule has 26 heavy (non-hydrogen) atoms. The van der Waals surface area contributed by atoms with Gasteiger partial charge in [0.2, 0.25) is 18.6 Å². The minimum absolute atomic E-state index is 0.236. The van der Waals surface area contributed by atoms with Crippen LogP contribution in [0.4, 0.5) is 16.0 Å². The summed E-state index contributed by atoms with van der Waals surface area (Å²) >= 11 is 0. The second-order valence-electron chi connectivity index (χ2n) is 5.78. The molecule has 0 aliphatic carbocycles. The number of nitrogens with zero attached hydrogens (tertiary/aromatic N) is 2. The molecule has 1 aliphatic rings. The zero-order chi connectivity index (χ0) is 17.9. The number of hydrogen-bond acceptors (Lipinski definition) is 6. The van der Waals surface area contributed by atoms with Crippen molar-refractivity contribution in [2.75, 3.05) is 12.1 Å². The second-order valence-corrected chi connectivity index (χ2v) is 5.78. The molecule has 0 amide bonds. The molecule has 0 fully saturated rings. The summed E-state index contributed by atoms with van der Waals surface area (Å²) in [5, 5.41) is 2.98. The number of aryl methyl sites for hydroxylation is 1. The lowest BCUT2D eigenvalue weighted by Gasteiger charge is -2.10. The molecule has 1 aromatic heterocycles. The van der Waals surface area contributed by atoms with Gasteiger partial charge in [0.15, 0.2) is 11.5 Å². The van der Waals surface area contributed by atoms with Crippen LogP contribution in [-0.2, 0) is 6.61 Å². The van der Waals surface area contributed by atoms with Gasteiger partial charge in [-0.1, -0.05) is 12.1 Å². The molecule has 0 unspecified atom stereocenters. The zero-order valence-corrected chi connectivity index (χ0v) is 14.0. The van der Waals surface area contributed by atoms with Gasteiger partial charge in [0, 0.05) is 17.4 Å². The van der Waals surface area contributed by atoms with Crippen LogP contribution in [0.2, 0.25) is 0 Å². The highest BCUT2D eigenvalue weighted by Crippen LogP contribution is 2.32. The van der Waals surface area contributed by atoms with E-state index in [1.54, 1.807) is 18.2 Å². The number of aromatic nitrogens is 2. The fourth-order valence-electron chi connectivity index (χ4n) is 2.55.